The lowest BCUT2D eigenvalue weighted by Gasteiger charge is -2.22. The van der Waals surface area contributed by atoms with Crippen LogP contribution >= 0.6 is 23.2 Å². The van der Waals surface area contributed by atoms with E-state index < -0.39 is 5.82 Å². The molecule has 0 saturated heterocycles. The molecule has 0 bridgehead atoms. The minimum absolute atomic E-state index is 0.0326. The Morgan fingerprint density at radius 3 is 2.73 bits per heavy atom. The third-order valence-electron chi connectivity index (χ3n) is 7.12. The average molecular weight is 573 g/mol. The summed E-state index contributed by atoms with van der Waals surface area (Å²) in [5.41, 5.74) is 6.90. The van der Waals surface area contributed by atoms with E-state index in [1.165, 1.54) is 29.5 Å². The van der Waals surface area contributed by atoms with E-state index in [-0.39, 0.29) is 11.1 Å². The molecule has 40 heavy (non-hydrogen) atoms. The molecule has 11 heteroatoms. The number of rotatable bonds is 7. The van der Waals surface area contributed by atoms with Crippen LogP contribution in [0, 0.1) is 17.1 Å². The monoisotopic (exact) mass is 572 g/mol. The fourth-order valence-corrected chi connectivity index (χ4v) is 5.57. The summed E-state index contributed by atoms with van der Waals surface area (Å²) >= 11 is 12.7. The van der Waals surface area contributed by atoms with Crippen molar-refractivity contribution in [2.24, 2.45) is 0 Å². The lowest BCUT2D eigenvalue weighted by atomic mass is 9.95. The highest BCUT2D eigenvalue weighted by Crippen LogP contribution is 2.38. The van der Waals surface area contributed by atoms with Crippen LogP contribution in [0.25, 0.3) is 10.9 Å². The van der Waals surface area contributed by atoms with Gasteiger partial charge in [0.05, 0.1) is 32.9 Å². The van der Waals surface area contributed by atoms with Crippen LogP contribution in [0.15, 0.2) is 60.9 Å². The summed E-state index contributed by atoms with van der Waals surface area (Å²) in [6.07, 6.45) is 3.23. The first-order valence-corrected chi connectivity index (χ1v) is 13.4. The molecule has 0 radical (unpaired) electrons. The second kappa shape index (κ2) is 10.7. The van der Waals surface area contributed by atoms with Gasteiger partial charge >= 0.3 is 0 Å². The van der Waals surface area contributed by atoms with Gasteiger partial charge in [0.15, 0.2) is 0 Å². The third-order valence-corrected chi connectivity index (χ3v) is 7.70. The topological polar surface area (TPSA) is 106 Å². The van der Waals surface area contributed by atoms with E-state index in [1.807, 2.05) is 6.07 Å². The Bertz CT molecular complexity index is 1770. The summed E-state index contributed by atoms with van der Waals surface area (Å²) in [7, 11) is 0. The number of H-pyrrole nitrogens is 1. The van der Waals surface area contributed by atoms with E-state index in [0.29, 0.717) is 38.6 Å². The van der Waals surface area contributed by atoms with E-state index in [2.05, 4.69) is 67.1 Å². The molecule has 8 nitrogen and oxygen atoms in total. The largest absolute Gasteiger partial charge is 0.373 e. The maximum Gasteiger partial charge on any atom is 0.141 e. The van der Waals surface area contributed by atoms with E-state index in [0.717, 1.165) is 30.9 Å². The number of hydrogen-bond acceptors (Lipinski definition) is 7. The Morgan fingerprint density at radius 1 is 1.12 bits per heavy atom. The normalized spacial score (nSPS) is 13.7. The number of hydrogen-bond donors (Lipinski definition) is 3. The number of fused-ring (bicyclic) bond motifs is 2. The molecule has 2 aromatic heterocycles. The average Bonchev–Trinajstić information content (AvgIpc) is 3.64. The van der Waals surface area contributed by atoms with Gasteiger partial charge in [0, 0.05) is 42.2 Å². The number of pyridine rings is 1. The summed E-state index contributed by atoms with van der Waals surface area (Å²) in [5.74, 6) is -0.532. The number of nitriles is 1. The van der Waals surface area contributed by atoms with Crippen molar-refractivity contribution in [2.45, 2.75) is 26.1 Å². The van der Waals surface area contributed by atoms with Crippen molar-refractivity contribution in [2.75, 3.05) is 17.2 Å². The molecule has 6 rings (SSSR count). The summed E-state index contributed by atoms with van der Waals surface area (Å²) in [5, 5.41) is 28.8. The smallest absolute Gasteiger partial charge is 0.141 e. The summed E-state index contributed by atoms with van der Waals surface area (Å²) in [4.78, 5) is 6.82. The van der Waals surface area contributed by atoms with Gasteiger partial charge in [0.2, 0.25) is 0 Å². The van der Waals surface area contributed by atoms with Crippen LogP contribution in [0.5, 0.6) is 0 Å². The molecule has 0 aliphatic carbocycles. The van der Waals surface area contributed by atoms with Crippen molar-refractivity contribution in [3.8, 4) is 6.07 Å². The van der Waals surface area contributed by atoms with Gasteiger partial charge in [0.1, 0.15) is 17.6 Å². The number of aromatic nitrogens is 4. The van der Waals surface area contributed by atoms with Crippen molar-refractivity contribution in [1.82, 2.24) is 25.3 Å². The summed E-state index contributed by atoms with van der Waals surface area (Å²) < 4.78 is 13.8. The number of nitrogens with one attached hydrogen (secondary N) is 3. The Kier molecular flexibility index (Phi) is 6.98. The highest BCUT2D eigenvalue weighted by atomic mass is 35.5. The molecule has 3 N–H and O–H groups in total. The quantitative estimate of drug-likeness (QED) is 0.194. The molecular formula is C29H23Cl2FN8. The van der Waals surface area contributed by atoms with Crippen LogP contribution in [0.2, 0.25) is 10.0 Å². The maximum absolute atomic E-state index is 13.8. The van der Waals surface area contributed by atoms with Crippen molar-refractivity contribution in [3.05, 3.63) is 105 Å². The molecule has 1 aliphatic rings. The molecule has 1 unspecified atom stereocenters. The first-order valence-electron chi connectivity index (χ1n) is 12.7. The van der Waals surface area contributed by atoms with Crippen molar-refractivity contribution in [1.29, 1.82) is 5.26 Å². The molecular weight excluding hydrogens is 550 g/mol. The molecule has 1 atom stereocenters. The summed E-state index contributed by atoms with van der Waals surface area (Å²) in [6, 6.07) is 16.2. The molecule has 1 aliphatic heterocycles. The van der Waals surface area contributed by atoms with Crippen LogP contribution in [-0.4, -0.2) is 31.8 Å². The van der Waals surface area contributed by atoms with Crippen LogP contribution in [0.1, 0.15) is 40.9 Å². The Balaban J connectivity index is 1.45. The standard InChI is InChI=1S/C29H23Cl2FN8/c1-2-40-14-16-4-3-5-20(22(16)15-40)29(26-13-35-39-38-26)37-19-8-21-27(36-18-6-7-25(32)23(30)9-18)17(11-33)12-34-28(21)24(31)10-19/h3-10,12-13,29,37H,2,14-15H2,1H3,(H,34,36)(H,35,38,39). The fraction of sp³-hybridized carbons (Fsp3) is 0.172. The molecule has 3 heterocycles. The molecule has 5 aromatic rings. The van der Waals surface area contributed by atoms with Gasteiger partial charge in [-0.05, 0) is 53.6 Å². The zero-order valence-electron chi connectivity index (χ0n) is 21.3. The zero-order chi connectivity index (χ0) is 27.8. The Hall–Kier alpha value is -4.23. The first-order chi connectivity index (χ1) is 19.4. The highest BCUT2D eigenvalue weighted by Gasteiger charge is 2.27. The molecule has 0 saturated carbocycles. The van der Waals surface area contributed by atoms with E-state index >= 15 is 0 Å². The van der Waals surface area contributed by atoms with Crippen LogP contribution in [-0.2, 0) is 13.1 Å². The number of aromatic amines is 1. The van der Waals surface area contributed by atoms with Gasteiger partial charge in [-0.1, -0.05) is 53.5 Å². The minimum atomic E-state index is -0.532. The first kappa shape index (κ1) is 26.0. The van der Waals surface area contributed by atoms with Crippen LogP contribution in [0.3, 0.4) is 0 Å². The second-order valence-electron chi connectivity index (χ2n) is 9.53. The van der Waals surface area contributed by atoms with Crippen molar-refractivity contribution < 1.29 is 4.39 Å². The van der Waals surface area contributed by atoms with E-state index in [1.54, 1.807) is 18.3 Å². The van der Waals surface area contributed by atoms with Crippen LogP contribution in [0.4, 0.5) is 21.5 Å². The molecule has 0 amide bonds. The van der Waals surface area contributed by atoms with Gasteiger partial charge in [-0.15, -0.1) is 5.10 Å². The van der Waals surface area contributed by atoms with Gasteiger partial charge in [0.25, 0.3) is 0 Å². The second-order valence-corrected chi connectivity index (χ2v) is 10.3. The minimum Gasteiger partial charge on any atom is -0.373 e. The van der Waals surface area contributed by atoms with Crippen molar-refractivity contribution in [3.63, 3.8) is 0 Å². The van der Waals surface area contributed by atoms with E-state index in [9.17, 15) is 9.65 Å². The Labute approximate surface area is 239 Å². The molecule has 200 valence electrons. The van der Waals surface area contributed by atoms with E-state index in [4.69, 9.17) is 23.2 Å². The fourth-order valence-electron chi connectivity index (χ4n) is 5.12. The highest BCUT2D eigenvalue weighted by molar-refractivity contribution is 6.36. The van der Waals surface area contributed by atoms with Gasteiger partial charge in [-0.2, -0.15) is 5.26 Å². The van der Waals surface area contributed by atoms with Gasteiger partial charge < -0.3 is 10.6 Å². The number of anilines is 3. The SMILES string of the molecule is CCN1Cc2cccc(C(Nc3cc(Cl)c4ncc(C#N)c(Nc5ccc(F)c(Cl)c5)c4c3)c3c[nH]nn3)c2C1. The molecule has 0 spiro atoms. The third kappa shape index (κ3) is 4.82. The molecule has 0 fully saturated rings. The predicted molar refractivity (Wildman–Crippen MR) is 154 cm³/mol. The number of benzene rings is 3. The summed E-state index contributed by atoms with van der Waals surface area (Å²) in [6.45, 7) is 4.86. The molecule has 3 aromatic carbocycles. The van der Waals surface area contributed by atoms with Gasteiger partial charge in [-0.25, -0.2) is 4.39 Å². The number of halogens is 3. The maximum atomic E-state index is 13.8. The van der Waals surface area contributed by atoms with Gasteiger partial charge in [-0.3, -0.25) is 15.0 Å². The lowest BCUT2D eigenvalue weighted by Crippen LogP contribution is -2.17. The zero-order valence-corrected chi connectivity index (χ0v) is 22.9. The number of nitrogens with zero attached hydrogens (tertiary/aromatic N) is 5. The predicted octanol–water partition coefficient (Wildman–Crippen LogP) is 6.95. The van der Waals surface area contributed by atoms with Crippen molar-refractivity contribution >= 4 is 51.2 Å². The lowest BCUT2D eigenvalue weighted by molar-refractivity contribution is 0.300. The Morgan fingerprint density at radius 2 is 1.98 bits per heavy atom. The van der Waals surface area contributed by atoms with Crippen LogP contribution < -0.4 is 10.6 Å².